The van der Waals surface area contributed by atoms with Crippen LogP contribution in [0.15, 0.2) is 66.1 Å². The average Bonchev–Trinajstić information content (AvgIpc) is 3.15. The molecular formula is C20H19N3O3S. The number of imidazole rings is 1. The summed E-state index contributed by atoms with van der Waals surface area (Å²) in [5.74, 6) is 0.782. The van der Waals surface area contributed by atoms with Crippen LogP contribution in [0.5, 0.6) is 5.75 Å². The van der Waals surface area contributed by atoms with Crippen LogP contribution >= 0.6 is 11.8 Å². The van der Waals surface area contributed by atoms with E-state index in [2.05, 4.69) is 10.3 Å². The molecule has 1 amide bonds. The maximum absolute atomic E-state index is 12.2. The van der Waals surface area contributed by atoms with Crippen LogP contribution in [0.3, 0.4) is 0 Å². The third-order valence-electron chi connectivity index (χ3n) is 3.84. The van der Waals surface area contributed by atoms with E-state index >= 15 is 0 Å². The van der Waals surface area contributed by atoms with Gasteiger partial charge in [0.15, 0.2) is 10.9 Å². The predicted octanol–water partition coefficient (Wildman–Crippen LogP) is 3.81. The zero-order valence-electron chi connectivity index (χ0n) is 15.0. The number of carbonyl (C=O) groups excluding carboxylic acids is 2. The fourth-order valence-corrected chi connectivity index (χ4v) is 3.25. The van der Waals surface area contributed by atoms with Crippen LogP contribution in [0.25, 0.3) is 5.69 Å². The maximum Gasteiger partial charge on any atom is 0.234 e. The summed E-state index contributed by atoms with van der Waals surface area (Å²) in [7, 11) is 1.62. The van der Waals surface area contributed by atoms with Crippen LogP contribution in [0.4, 0.5) is 5.69 Å². The summed E-state index contributed by atoms with van der Waals surface area (Å²) in [6, 6.07) is 14.5. The van der Waals surface area contributed by atoms with E-state index in [1.165, 1.54) is 18.7 Å². The standard InChI is InChI=1S/C20H19N3O3S/c1-14(24)15-4-3-5-16(12-15)22-19(25)13-27-20-21-10-11-23(20)17-6-8-18(26-2)9-7-17/h3-12H,13H2,1-2H3,(H,22,25). The quantitative estimate of drug-likeness (QED) is 0.498. The molecule has 0 bridgehead atoms. The lowest BCUT2D eigenvalue weighted by atomic mass is 10.1. The van der Waals surface area contributed by atoms with Gasteiger partial charge in [-0.3, -0.25) is 14.2 Å². The van der Waals surface area contributed by atoms with Crippen LogP contribution in [0.1, 0.15) is 17.3 Å². The van der Waals surface area contributed by atoms with E-state index in [4.69, 9.17) is 4.74 Å². The van der Waals surface area contributed by atoms with E-state index in [1.54, 1.807) is 37.6 Å². The van der Waals surface area contributed by atoms with Gasteiger partial charge in [0, 0.05) is 29.3 Å². The van der Waals surface area contributed by atoms with Gasteiger partial charge in [-0.25, -0.2) is 4.98 Å². The Balaban J connectivity index is 1.63. The Kier molecular flexibility index (Phi) is 5.93. The minimum atomic E-state index is -0.162. The number of hydrogen-bond donors (Lipinski definition) is 1. The molecule has 0 radical (unpaired) electrons. The van der Waals surface area contributed by atoms with Crippen molar-refractivity contribution in [3.63, 3.8) is 0 Å². The predicted molar refractivity (Wildman–Crippen MR) is 106 cm³/mol. The molecule has 0 aliphatic rings. The van der Waals surface area contributed by atoms with Gasteiger partial charge >= 0.3 is 0 Å². The molecule has 7 heteroatoms. The topological polar surface area (TPSA) is 73.2 Å². The van der Waals surface area contributed by atoms with Crippen molar-refractivity contribution in [2.24, 2.45) is 0 Å². The van der Waals surface area contributed by atoms with Gasteiger partial charge in [-0.05, 0) is 43.3 Å². The molecular weight excluding hydrogens is 362 g/mol. The van der Waals surface area contributed by atoms with E-state index in [0.717, 1.165) is 11.4 Å². The third kappa shape index (κ3) is 4.77. The van der Waals surface area contributed by atoms with Gasteiger partial charge in [-0.1, -0.05) is 23.9 Å². The van der Waals surface area contributed by atoms with Crippen molar-refractivity contribution >= 4 is 29.1 Å². The number of nitrogens with one attached hydrogen (secondary N) is 1. The van der Waals surface area contributed by atoms with Crippen LogP contribution < -0.4 is 10.1 Å². The maximum atomic E-state index is 12.2. The van der Waals surface area contributed by atoms with E-state index in [9.17, 15) is 9.59 Å². The minimum absolute atomic E-state index is 0.0398. The summed E-state index contributed by atoms with van der Waals surface area (Å²) in [4.78, 5) is 28.0. The third-order valence-corrected chi connectivity index (χ3v) is 4.81. The zero-order valence-corrected chi connectivity index (χ0v) is 15.8. The van der Waals surface area contributed by atoms with Crippen molar-refractivity contribution in [1.29, 1.82) is 0 Å². The van der Waals surface area contributed by atoms with Crippen LogP contribution in [0, 0.1) is 0 Å². The van der Waals surface area contributed by atoms with Crippen molar-refractivity contribution in [2.45, 2.75) is 12.1 Å². The van der Waals surface area contributed by atoms with Crippen molar-refractivity contribution in [2.75, 3.05) is 18.2 Å². The number of rotatable bonds is 7. The number of aromatic nitrogens is 2. The van der Waals surface area contributed by atoms with Gasteiger partial charge in [-0.15, -0.1) is 0 Å². The van der Waals surface area contributed by atoms with Gasteiger partial charge in [0.1, 0.15) is 5.75 Å². The molecule has 0 fully saturated rings. The summed E-state index contributed by atoms with van der Waals surface area (Å²) in [6.07, 6.45) is 3.54. The first-order chi connectivity index (χ1) is 13.1. The molecule has 2 aromatic carbocycles. The Morgan fingerprint density at radius 1 is 1.19 bits per heavy atom. The molecule has 1 aromatic heterocycles. The second-order valence-corrected chi connectivity index (χ2v) is 6.69. The summed E-state index contributed by atoms with van der Waals surface area (Å²) in [5, 5.41) is 3.52. The van der Waals surface area contributed by atoms with E-state index < -0.39 is 0 Å². The lowest BCUT2D eigenvalue weighted by Crippen LogP contribution is -2.14. The lowest BCUT2D eigenvalue weighted by Gasteiger charge is -2.09. The first kappa shape index (κ1) is 18.7. The summed E-state index contributed by atoms with van der Waals surface area (Å²) < 4.78 is 7.08. The lowest BCUT2D eigenvalue weighted by molar-refractivity contribution is -0.113. The number of benzene rings is 2. The number of anilines is 1. The Morgan fingerprint density at radius 2 is 1.96 bits per heavy atom. The highest BCUT2D eigenvalue weighted by Crippen LogP contribution is 2.22. The second kappa shape index (κ2) is 8.55. The van der Waals surface area contributed by atoms with Crippen LogP contribution in [-0.4, -0.2) is 34.1 Å². The molecule has 0 saturated carbocycles. The molecule has 3 rings (SSSR count). The van der Waals surface area contributed by atoms with Gasteiger partial charge < -0.3 is 10.1 Å². The Bertz CT molecular complexity index is 951. The molecule has 0 atom stereocenters. The summed E-state index contributed by atoms with van der Waals surface area (Å²) in [6.45, 7) is 1.50. The number of hydrogen-bond acceptors (Lipinski definition) is 5. The average molecular weight is 381 g/mol. The van der Waals surface area contributed by atoms with Crippen LogP contribution in [0.2, 0.25) is 0 Å². The molecule has 6 nitrogen and oxygen atoms in total. The minimum Gasteiger partial charge on any atom is -0.497 e. The first-order valence-electron chi connectivity index (χ1n) is 8.28. The Morgan fingerprint density at radius 3 is 2.67 bits per heavy atom. The fraction of sp³-hybridized carbons (Fsp3) is 0.150. The van der Waals surface area contributed by atoms with Crippen molar-refractivity contribution in [3.8, 4) is 11.4 Å². The number of thioether (sulfide) groups is 1. The van der Waals surface area contributed by atoms with Gasteiger partial charge in [0.05, 0.1) is 12.9 Å². The number of ketones is 1. The highest BCUT2D eigenvalue weighted by Gasteiger charge is 2.10. The number of amides is 1. The number of carbonyl (C=O) groups is 2. The largest absolute Gasteiger partial charge is 0.497 e. The van der Waals surface area contributed by atoms with Crippen molar-refractivity contribution < 1.29 is 14.3 Å². The highest BCUT2D eigenvalue weighted by atomic mass is 32.2. The molecule has 0 unspecified atom stereocenters. The molecule has 1 heterocycles. The highest BCUT2D eigenvalue weighted by molar-refractivity contribution is 7.99. The normalized spacial score (nSPS) is 10.4. The zero-order chi connectivity index (χ0) is 19.2. The molecule has 0 spiro atoms. The molecule has 0 aliphatic heterocycles. The Labute approximate surface area is 161 Å². The number of Topliss-reactive ketones (excluding diaryl/α,β-unsaturated/α-hetero) is 1. The Hall–Kier alpha value is -3.06. The number of ether oxygens (including phenoxy) is 1. The first-order valence-corrected chi connectivity index (χ1v) is 9.27. The monoisotopic (exact) mass is 381 g/mol. The molecule has 1 N–H and O–H groups in total. The molecule has 27 heavy (non-hydrogen) atoms. The fourth-order valence-electron chi connectivity index (χ4n) is 2.48. The number of methoxy groups -OCH3 is 1. The smallest absolute Gasteiger partial charge is 0.234 e. The SMILES string of the molecule is COc1ccc(-n2ccnc2SCC(=O)Nc2cccc(C(C)=O)c2)cc1. The van der Waals surface area contributed by atoms with Gasteiger partial charge in [0.2, 0.25) is 5.91 Å². The van der Waals surface area contributed by atoms with Crippen LogP contribution in [-0.2, 0) is 4.79 Å². The van der Waals surface area contributed by atoms with Gasteiger partial charge in [0.25, 0.3) is 0 Å². The van der Waals surface area contributed by atoms with E-state index in [1.807, 2.05) is 35.0 Å². The van der Waals surface area contributed by atoms with Gasteiger partial charge in [-0.2, -0.15) is 0 Å². The molecule has 3 aromatic rings. The van der Waals surface area contributed by atoms with E-state index in [-0.39, 0.29) is 17.4 Å². The van der Waals surface area contributed by atoms with E-state index in [0.29, 0.717) is 16.4 Å². The molecule has 0 aliphatic carbocycles. The summed E-state index contributed by atoms with van der Waals surface area (Å²) in [5.41, 5.74) is 2.10. The number of nitrogens with zero attached hydrogens (tertiary/aromatic N) is 2. The molecule has 138 valence electrons. The second-order valence-electron chi connectivity index (χ2n) is 5.75. The molecule has 0 saturated heterocycles. The van der Waals surface area contributed by atoms with Crippen molar-refractivity contribution in [3.05, 3.63) is 66.5 Å². The summed E-state index contributed by atoms with van der Waals surface area (Å²) >= 11 is 1.34. The van der Waals surface area contributed by atoms with Crippen molar-refractivity contribution in [1.82, 2.24) is 9.55 Å².